The lowest BCUT2D eigenvalue weighted by atomic mass is 10.1. The van der Waals surface area contributed by atoms with Crippen LogP contribution in [0.25, 0.3) is 11.3 Å². The second-order valence-electron chi connectivity index (χ2n) is 4.47. The van der Waals surface area contributed by atoms with Gasteiger partial charge in [0.2, 0.25) is 5.88 Å². The van der Waals surface area contributed by atoms with Gasteiger partial charge in [-0.2, -0.15) is 5.10 Å². The van der Waals surface area contributed by atoms with E-state index in [2.05, 4.69) is 49.7 Å². The molecular weight excluding hydrogens is 266 g/mol. The molecule has 3 rings (SSSR count). The highest BCUT2D eigenvalue weighted by Crippen LogP contribution is 2.17. The minimum Gasteiger partial charge on any atom is -0.481 e. The van der Waals surface area contributed by atoms with Crippen LogP contribution in [0.1, 0.15) is 5.56 Å². The molecule has 0 aliphatic heterocycles. The highest BCUT2D eigenvalue weighted by molar-refractivity contribution is 5.58. The van der Waals surface area contributed by atoms with Crippen LogP contribution in [0.5, 0.6) is 5.88 Å². The molecule has 0 spiro atoms. The van der Waals surface area contributed by atoms with Crippen molar-refractivity contribution in [3.63, 3.8) is 0 Å². The molecule has 0 amide bonds. The number of hydrogen-bond donors (Lipinski definition) is 2. The third-order valence-corrected chi connectivity index (χ3v) is 3.09. The van der Waals surface area contributed by atoms with Crippen molar-refractivity contribution in [2.45, 2.75) is 6.54 Å². The van der Waals surface area contributed by atoms with E-state index in [1.807, 2.05) is 6.07 Å². The van der Waals surface area contributed by atoms with E-state index < -0.39 is 0 Å². The zero-order valence-corrected chi connectivity index (χ0v) is 11.6. The Bertz CT molecular complexity index is 694. The van der Waals surface area contributed by atoms with Crippen molar-refractivity contribution >= 4 is 5.82 Å². The number of H-pyrrole nitrogens is 1. The lowest BCUT2D eigenvalue weighted by Crippen LogP contribution is -2.02. The topological polar surface area (TPSA) is 75.7 Å². The summed E-state index contributed by atoms with van der Waals surface area (Å²) in [6, 6.07) is 12.0. The van der Waals surface area contributed by atoms with Crippen LogP contribution < -0.4 is 10.1 Å². The smallest absolute Gasteiger partial charge is 0.218 e. The monoisotopic (exact) mass is 281 g/mol. The van der Waals surface area contributed by atoms with E-state index in [0.29, 0.717) is 12.4 Å². The van der Waals surface area contributed by atoms with Crippen LogP contribution in [-0.2, 0) is 6.54 Å². The van der Waals surface area contributed by atoms with Crippen LogP contribution in [0.2, 0.25) is 0 Å². The lowest BCUT2D eigenvalue weighted by Gasteiger charge is -2.07. The molecular formula is C15H15N5O. The van der Waals surface area contributed by atoms with Crippen LogP contribution in [-0.4, -0.2) is 27.3 Å². The van der Waals surface area contributed by atoms with E-state index in [0.717, 1.165) is 22.6 Å². The molecule has 2 N–H and O–H groups in total. The van der Waals surface area contributed by atoms with Crippen molar-refractivity contribution in [1.29, 1.82) is 0 Å². The fourth-order valence-electron chi connectivity index (χ4n) is 1.96. The molecule has 3 aromatic rings. The number of nitrogens with zero attached hydrogens (tertiary/aromatic N) is 3. The van der Waals surface area contributed by atoms with E-state index in [1.54, 1.807) is 19.4 Å². The summed E-state index contributed by atoms with van der Waals surface area (Å²) in [6.45, 7) is 0.684. The van der Waals surface area contributed by atoms with E-state index >= 15 is 0 Å². The molecule has 2 heterocycles. The Kier molecular flexibility index (Phi) is 3.77. The predicted octanol–water partition coefficient (Wildman–Crippen LogP) is 2.49. The number of benzene rings is 1. The van der Waals surface area contributed by atoms with Gasteiger partial charge >= 0.3 is 0 Å². The summed E-state index contributed by atoms with van der Waals surface area (Å²) >= 11 is 0. The van der Waals surface area contributed by atoms with Gasteiger partial charge in [-0.25, -0.2) is 9.97 Å². The predicted molar refractivity (Wildman–Crippen MR) is 79.9 cm³/mol. The first-order valence-electron chi connectivity index (χ1n) is 6.54. The van der Waals surface area contributed by atoms with Gasteiger partial charge in [0.25, 0.3) is 0 Å². The van der Waals surface area contributed by atoms with Gasteiger partial charge in [-0.3, -0.25) is 5.10 Å². The van der Waals surface area contributed by atoms with Gasteiger partial charge in [-0.05, 0) is 17.2 Å². The van der Waals surface area contributed by atoms with Gasteiger partial charge < -0.3 is 10.1 Å². The summed E-state index contributed by atoms with van der Waals surface area (Å²) in [5.74, 6) is 1.28. The van der Waals surface area contributed by atoms with Crippen molar-refractivity contribution in [1.82, 2.24) is 20.2 Å². The van der Waals surface area contributed by atoms with Crippen molar-refractivity contribution in [2.24, 2.45) is 0 Å². The molecule has 0 aliphatic rings. The second-order valence-corrected chi connectivity index (χ2v) is 4.47. The highest BCUT2D eigenvalue weighted by Gasteiger charge is 2.01. The zero-order chi connectivity index (χ0) is 14.5. The molecule has 0 bridgehead atoms. The Labute approximate surface area is 122 Å². The Balaban J connectivity index is 1.65. The highest BCUT2D eigenvalue weighted by atomic mass is 16.5. The summed E-state index contributed by atoms with van der Waals surface area (Å²) in [6.07, 6.45) is 3.22. The summed E-state index contributed by atoms with van der Waals surface area (Å²) in [7, 11) is 1.58. The molecule has 106 valence electrons. The fraction of sp³-hybridized carbons (Fsp3) is 0.133. The minimum atomic E-state index is 0.544. The largest absolute Gasteiger partial charge is 0.481 e. The average molecular weight is 281 g/mol. The number of methoxy groups -OCH3 is 1. The van der Waals surface area contributed by atoms with Gasteiger partial charge in [-0.15, -0.1) is 0 Å². The molecule has 0 atom stereocenters. The van der Waals surface area contributed by atoms with Gasteiger partial charge in [0.15, 0.2) is 0 Å². The third-order valence-electron chi connectivity index (χ3n) is 3.09. The summed E-state index contributed by atoms with van der Waals surface area (Å²) in [5.41, 5.74) is 3.28. The number of rotatable bonds is 5. The van der Waals surface area contributed by atoms with E-state index in [4.69, 9.17) is 4.74 Å². The molecule has 1 aromatic carbocycles. The van der Waals surface area contributed by atoms with E-state index in [1.165, 1.54) is 6.33 Å². The maximum atomic E-state index is 5.06. The van der Waals surface area contributed by atoms with Gasteiger partial charge in [0.05, 0.1) is 12.8 Å². The molecule has 0 unspecified atom stereocenters. The normalized spacial score (nSPS) is 10.3. The van der Waals surface area contributed by atoms with E-state index in [-0.39, 0.29) is 0 Å². The summed E-state index contributed by atoms with van der Waals surface area (Å²) < 4.78 is 5.06. The van der Waals surface area contributed by atoms with Crippen molar-refractivity contribution in [2.75, 3.05) is 12.4 Å². The quantitative estimate of drug-likeness (QED) is 0.751. The van der Waals surface area contributed by atoms with Crippen molar-refractivity contribution in [3.05, 3.63) is 54.5 Å². The maximum absolute atomic E-state index is 5.06. The first kappa shape index (κ1) is 13.1. The Morgan fingerprint density at radius 1 is 1.14 bits per heavy atom. The van der Waals surface area contributed by atoms with Gasteiger partial charge in [-0.1, -0.05) is 24.3 Å². The molecule has 0 saturated carbocycles. The van der Waals surface area contributed by atoms with Gasteiger partial charge in [0.1, 0.15) is 12.1 Å². The van der Waals surface area contributed by atoms with Crippen LogP contribution in [0.4, 0.5) is 5.82 Å². The molecule has 2 aromatic heterocycles. The molecule has 0 saturated heterocycles. The second kappa shape index (κ2) is 6.04. The molecule has 6 heteroatoms. The number of aromatic amines is 1. The SMILES string of the molecule is COc1cc(NCc2ccc(-c3ccn[nH]3)cc2)ncn1. The van der Waals surface area contributed by atoms with E-state index in [9.17, 15) is 0 Å². The summed E-state index contributed by atoms with van der Waals surface area (Å²) in [5, 5.41) is 10.1. The maximum Gasteiger partial charge on any atom is 0.218 e. The summed E-state index contributed by atoms with van der Waals surface area (Å²) in [4.78, 5) is 8.12. The molecule has 0 aliphatic carbocycles. The number of nitrogens with one attached hydrogen (secondary N) is 2. The zero-order valence-electron chi connectivity index (χ0n) is 11.6. The number of anilines is 1. The molecule has 21 heavy (non-hydrogen) atoms. The van der Waals surface area contributed by atoms with Crippen LogP contribution in [0, 0.1) is 0 Å². The molecule has 6 nitrogen and oxygen atoms in total. The third kappa shape index (κ3) is 3.17. The number of hydrogen-bond acceptors (Lipinski definition) is 5. The first-order chi connectivity index (χ1) is 10.3. The van der Waals surface area contributed by atoms with Crippen molar-refractivity contribution in [3.8, 4) is 17.1 Å². The fourth-order valence-corrected chi connectivity index (χ4v) is 1.96. The van der Waals surface area contributed by atoms with Crippen molar-refractivity contribution < 1.29 is 4.74 Å². The Morgan fingerprint density at radius 2 is 2.00 bits per heavy atom. The van der Waals surface area contributed by atoms with Crippen LogP contribution >= 0.6 is 0 Å². The molecule has 0 radical (unpaired) electrons. The first-order valence-corrected chi connectivity index (χ1v) is 6.54. The molecule has 0 fully saturated rings. The number of ether oxygens (including phenoxy) is 1. The Morgan fingerprint density at radius 3 is 2.71 bits per heavy atom. The standard InChI is InChI=1S/C15H15N5O/c1-21-15-8-14(17-10-18-15)16-9-11-2-4-12(5-3-11)13-6-7-19-20-13/h2-8,10H,9H2,1H3,(H,19,20)(H,16,17,18). The van der Waals surface area contributed by atoms with Crippen LogP contribution in [0.15, 0.2) is 48.9 Å². The lowest BCUT2D eigenvalue weighted by molar-refractivity contribution is 0.397. The average Bonchev–Trinajstić information content (AvgIpc) is 3.08. The Hall–Kier alpha value is -2.89. The number of aromatic nitrogens is 4. The minimum absolute atomic E-state index is 0.544. The van der Waals surface area contributed by atoms with Crippen LogP contribution in [0.3, 0.4) is 0 Å². The van der Waals surface area contributed by atoms with Gasteiger partial charge in [0, 0.05) is 18.8 Å².